The highest BCUT2D eigenvalue weighted by atomic mass is 16.4. The molecule has 19 heavy (non-hydrogen) atoms. The molecule has 1 aliphatic heterocycles. The number of ketones is 1. The second-order valence-corrected chi connectivity index (χ2v) is 5.03. The van der Waals surface area contributed by atoms with Crippen molar-refractivity contribution < 1.29 is 9.21 Å². The molecule has 1 aliphatic rings. The van der Waals surface area contributed by atoms with Crippen molar-refractivity contribution in [3.05, 3.63) is 53.3 Å². The summed E-state index contributed by atoms with van der Waals surface area (Å²) in [6.07, 6.45) is 2.39. The van der Waals surface area contributed by atoms with Gasteiger partial charge in [0, 0.05) is 24.7 Å². The first-order chi connectivity index (χ1) is 9.24. The number of hydrogen-bond acceptors (Lipinski definition) is 3. The van der Waals surface area contributed by atoms with Crippen molar-refractivity contribution in [2.24, 2.45) is 0 Å². The minimum Gasteiger partial charge on any atom is -0.437 e. The van der Waals surface area contributed by atoms with E-state index in [1.54, 1.807) is 6.07 Å². The summed E-state index contributed by atoms with van der Waals surface area (Å²) in [6, 6.07) is 11.2. The van der Waals surface area contributed by atoms with E-state index in [-0.39, 0.29) is 5.78 Å². The van der Waals surface area contributed by atoms with Crippen LogP contribution in [0.25, 0.3) is 0 Å². The molecule has 98 valence electrons. The molecule has 1 fully saturated rings. The van der Waals surface area contributed by atoms with Crippen LogP contribution in [-0.2, 0) is 0 Å². The maximum atomic E-state index is 12.3. The Bertz CT molecular complexity index is 577. The van der Waals surface area contributed by atoms with Crippen molar-refractivity contribution >= 4 is 11.7 Å². The lowest BCUT2D eigenvalue weighted by atomic mass is 10.1. The van der Waals surface area contributed by atoms with Crippen LogP contribution in [0.3, 0.4) is 0 Å². The smallest absolute Gasteiger partial charge is 0.228 e. The number of aryl methyl sites for hydroxylation is 1. The Labute approximate surface area is 112 Å². The molecule has 0 saturated carbocycles. The summed E-state index contributed by atoms with van der Waals surface area (Å²) in [7, 11) is 0. The zero-order valence-electron chi connectivity index (χ0n) is 11.1. The Morgan fingerprint density at radius 2 is 1.74 bits per heavy atom. The molecule has 0 radical (unpaired) electrons. The molecule has 3 nitrogen and oxygen atoms in total. The number of rotatable bonds is 3. The molecule has 0 bridgehead atoms. The molecule has 1 saturated heterocycles. The van der Waals surface area contributed by atoms with Crippen molar-refractivity contribution in [1.82, 2.24) is 0 Å². The summed E-state index contributed by atoms with van der Waals surface area (Å²) >= 11 is 0. The Morgan fingerprint density at radius 1 is 1.05 bits per heavy atom. The number of benzene rings is 1. The summed E-state index contributed by atoms with van der Waals surface area (Å²) in [4.78, 5) is 14.5. The third kappa shape index (κ3) is 2.41. The fraction of sp³-hybridized carbons (Fsp3) is 0.312. The van der Waals surface area contributed by atoms with Gasteiger partial charge in [0.15, 0.2) is 11.6 Å². The number of carbonyl (C=O) groups excluding carboxylic acids is 1. The molecule has 0 N–H and O–H groups in total. The molecular weight excluding hydrogens is 238 g/mol. The van der Waals surface area contributed by atoms with Crippen molar-refractivity contribution in [2.75, 3.05) is 18.0 Å². The Hall–Kier alpha value is -2.03. The lowest BCUT2D eigenvalue weighted by Crippen LogP contribution is -2.16. The summed E-state index contributed by atoms with van der Waals surface area (Å²) in [5.41, 5.74) is 1.82. The largest absolute Gasteiger partial charge is 0.437 e. The van der Waals surface area contributed by atoms with Crippen LogP contribution in [0, 0.1) is 6.92 Å². The predicted molar refractivity (Wildman–Crippen MR) is 74.8 cm³/mol. The highest BCUT2D eigenvalue weighted by Crippen LogP contribution is 2.24. The maximum Gasteiger partial charge on any atom is 0.228 e. The monoisotopic (exact) mass is 255 g/mol. The van der Waals surface area contributed by atoms with Crippen LogP contribution in [-0.4, -0.2) is 18.9 Å². The predicted octanol–water partition coefficient (Wildman–Crippen LogP) is 3.42. The summed E-state index contributed by atoms with van der Waals surface area (Å²) < 4.78 is 5.69. The van der Waals surface area contributed by atoms with Gasteiger partial charge in [0.25, 0.3) is 0 Å². The second-order valence-electron chi connectivity index (χ2n) is 5.03. The molecule has 3 rings (SSSR count). The zero-order valence-corrected chi connectivity index (χ0v) is 11.1. The van der Waals surface area contributed by atoms with Gasteiger partial charge < -0.3 is 9.32 Å². The Morgan fingerprint density at radius 3 is 2.42 bits per heavy atom. The molecule has 0 unspecified atom stereocenters. The number of anilines is 1. The zero-order chi connectivity index (χ0) is 13.2. The molecule has 2 heterocycles. The molecule has 2 aromatic rings. The van der Waals surface area contributed by atoms with Gasteiger partial charge in [0.2, 0.25) is 5.78 Å². The van der Waals surface area contributed by atoms with Crippen LogP contribution >= 0.6 is 0 Å². The van der Waals surface area contributed by atoms with Gasteiger partial charge >= 0.3 is 0 Å². The van der Waals surface area contributed by atoms with E-state index in [1.807, 2.05) is 37.3 Å². The first-order valence-electron chi connectivity index (χ1n) is 6.70. The van der Waals surface area contributed by atoms with Crippen LogP contribution in [0.2, 0.25) is 0 Å². The van der Waals surface area contributed by atoms with E-state index in [1.165, 1.54) is 12.8 Å². The fourth-order valence-corrected chi connectivity index (χ4v) is 2.40. The number of furan rings is 1. The van der Waals surface area contributed by atoms with E-state index in [2.05, 4.69) is 4.90 Å². The van der Waals surface area contributed by atoms with Gasteiger partial charge in [-0.2, -0.15) is 0 Å². The molecule has 1 aromatic heterocycles. The van der Waals surface area contributed by atoms with Gasteiger partial charge in [-0.1, -0.05) is 29.8 Å². The minimum atomic E-state index is -0.0505. The van der Waals surface area contributed by atoms with E-state index in [9.17, 15) is 4.79 Å². The lowest BCUT2D eigenvalue weighted by molar-refractivity contribution is 0.101. The van der Waals surface area contributed by atoms with E-state index in [0.717, 1.165) is 24.5 Å². The normalized spacial score (nSPS) is 14.9. The lowest BCUT2D eigenvalue weighted by Gasteiger charge is -2.12. The second kappa shape index (κ2) is 4.92. The molecule has 3 heteroatoms. The Kier molecular flexibility index (Phi) is 3.11. The van der Waals surface area contributed by atoms with Crippen LogP contribution in [0.15, 0.2) is 40.8 Å². The highest BCUT2D eigenvalue weighted by molar-refractivity contribution is 6.07. The van der Waals surface area contributed by atoms with Crippen molar-refractivity contribution in [1.29, 1.82) is 0 Å². The molecule has 0 atom stereocenters. The Balaban J connectivity index is 1.82. The van der Waals surface area contributed by atoms with Crippen LogP contribution in [0.1, 0.15) is 34.5 Å². The van der Waals surface area contributed by atoms with Crippen LogP contribution < -0.4 is 4.90 Å². The first-order valence-corrected chi connectivity index (χ1v) is 6.70. The van der Waals surface area contributed by atoms with E-state index < -0.39 is 0 Å². The molecule has 0 spiro atoms. The van der Waals surface area contributed by atoms with E-state index in [4.69, 9.17) is 4.42 Å². The van der Waals surface area contributed by atoms with Gasteiger partial charge in [-0.25, -0.2) is 0 Å². The van der Waals surface area contributed by atoms with Crippen molar-refractivity contribution in [3.8, 4) is 0 Å². The number of nitrogens with zero attached hydrogens (tertiary/aromatic N) is 1. The van der Waals surface area contributed by atoms with Crippen molar-refractivity contribution in [2.45, 2.75) is 19.8 Å². The molecular formula is C16H17NO2. The van der Waals surface area contributed by atoms with Gasteiger partial charge in [0.05, 0.1) is 0 Å². The summed E-state index contributed by atoms with van der Waals surface area (Å²) in [5, 5.41) is 0. The van der Waals surface area contributed by atoms with Gasteiger partial charge in [-0.05, 0) is 25.8 Å². The van der Waals surface area contributed by atoms with Gasteiger partial charge in [0.1, 0.15) is 0 Å². The SMILES string of the molecule is Cc1ccc(C(=O)c2ccc(N3CCCC3)o2)cc1. The van der Waals surface area contributed by atoms with Crippen LogP contribution in [0.4, 0.5) is 5.88 Å². The average Bonchev–Trinajstić information content (AvgIpc) is 3.10. The topological polar surface area (TPSA) is 33.5 Å². The van der Waals surface area contributed by atoms with Crippen molar-refractivity contribution in [3.63, 3.8) is 0 Å². The van der Waals surface area contributed by atoms with Gasteiger partial charge in [-0.15, -0.1) is 0 Å². The summed E-state index contributed by atoms with van der Waals surface area (Å²) in [6.45, 7) is 4.05. The molecule has 0 amide bonds. The van der Waals surface area contributed by atoms with Gasteiger partial charge in [-0.3, -0.25) is 4.79 Å². The maximum absolute atomic E-state index is 12.3. The first kappa shape index (κ1) is 12.0. The summed E-state index contributed by atoms with van der Waals surface area (Å²) in [5.74, 6) is 1.18. The van der Waals surface area contributed by atoms with E-state index in [0.29, 0.717) is 11.3 Å². The van der Waals surface area contributed by atoms with Crippen LogP contribution in [0.5, 0.6) is 0 Å². The third-order valence-corrected chi connectivity index (χ3v) is 3.55. The molecule has 0 aliphatic carbocycles. The fourth-order valence-electron chi connectivity index (χ4n) is 2.40. The number of carbonyl (C=O) groups is 1. The van der Waals surface area contributed by atoms with E-state index >= 15 is 0 Å². The average molecular weight is 255 g/mol. The third-order valence-electron chi connectivity index (χ3n) is 3.55. The minimum absolute atomic E-state index is 0.0505. The quantitative estimate of drug-likeness (QED) is 0.788. The highest BCUT2D eigenvalue weighted by Gasteiger charge is 2.18. The number of hydrogen-bond donors (Lipinski definition) is 0. The molecule has 1 aromatic carbocycles. The standard InChI is InChI=1S/C16H17NO2/c1-12-4-6-13(7-5-12)16(18)14-8-9-15(19-14)17-10-2-3-11-17/h4-9H,2-3,10-11H2,1H3.